The largest absolute Gasteiger partial charge is 0.332 e. The molecule has 0 aliphatic carbocycles. The monoisotopic (exact) mass is 481 g/mol. The first-order chi connectivity index (χ1) is 16.4. The molecule has 3 aliphatic rings. The van der Waals surface area contributed by atoms with Gasteiger partial charge in [-0.2, -0.15) is 4.98 Å². The highest BCUT2D eigenvalue weighted by Gasteiger charge is 2.50. The molecule has 180 valence electrons. The van der Waals surface area contributed by atoms with Crippen molar-refractivity contribution < 1.29 is 12.9 Å². The number of sulfonamides is 1. The number of hydrogen-bond acceptors (Lipinski definition) is 6. The Morgan fingerprint density at radius 1 is 1.24 bits per heavy atom. The maximum absolute atomic E-state index is 13.1. The second-order valence-electron chi connectivity index (χ2n) is 9.82. The third-order valence-corrected chi connectivity index (χ3v) is 9.59. The van der Waals surface area contributed by atoms with Crippen molar-refractivity contribution in [3.63, 3.8) is 0 Å². The first kappa shape index (κ1) is 22.0. The Balaban J connectivity index is 1.75. The van der Waals surface area contributed by atoms with Crippen molar-refractivity contribution in [1.82, 2.24) is 24.3 Å². The van der Waals surface area contributed by atoms with Gasteiger partial charge in [0.1, 0.15) is 5.70 Å². The molecule has 0 amide bonds. The van der Waals surface area contributed by atoms with Crippen LogP contribution < -0.4 is 4.72 Å². The first-order valence-electron chi connectivity index (χ1n) is 12.3. The molecule has 34 heavy (non-hydrogen) atoms. The summed E-state index contributed by atoms with van der Waals surface area (Å²) in [5.41, 5.74) is 4.05. The Hall–Kier alpha value is -2.49. The third kappa shape index (κ3) is 2.99. The summed E-state index contributed by atoms with van der Waals surface area (Å²) in [6.07, 6.45) is 8.88. The molecule has 2 aromatic heterocycles. The molecule has 3 aromatic rings. The number of hydrogen-bond donors (Lipinski definition) is 1. The zero-order valence-corrected chi connectivity index (χ0v) is 20.8. The van der Waals surface area contributed by atoms with Gasteiger partial charge in [0.05, 0.1) is 16.5 Å². The minimum Gasteiger partial charge on any atom is -0.332 e. The van der Waals surface area contributed by atoms with Crippen LogP contribution in [0.4, 0.5) is 0 Å². The second kappa shape index (κ2) is 7.76. The van der Waals surface area contributed by atoms with Gasteiger partial charge in [0.25, 0.3) is 5.89 Å². The van der Waals surface area contributed by atoms with Gasteiger partial charge in [0, 0.05) is 23.0 Å². The van der Waals surface area contributed by atoms with E-state index in [4.69, 9.17) is 4.52 Å². The van der Waals surface area contributed by atoms with Crippen LogP contribution in [0.5, 0.6) is 0 Å². The molecule has 0 radical (unpaired) electrons. The molecule has 1 N–H and O–H groups in total. The fourth-order valence-electron chi connectivity index (χ4n) is 6.57. The maximum Gasteiger partial charge on any atom is 0.274 e. The van der Waals surface area contributed by atoms with E-state index in [0.717, 1.165) is 54.5 Å². The summed E-state index contributed by atoms with van der Waals surface area (Å²) in [5, 5.41) is 4.90. The van der Waals surface area contributed by atoms with E-state index in [1.807, 2.05) is 19.1 Å². The molecular formula is C25H31N5O3S. The molecule has 5 heterocycles. The van der Waals surface area contributed by atoms with Gasteiger partial charge in [-0.05, 0) is 70.0 Å². The van der Waals surface area contributed by atoms with Crippen LogP contribution in [0.15, 0.2) is 33.7 Å². The summed E-state index contributed by atoms with van der Waals surface area (Å²) in [6, 6.07) is 5.77. The molecule has 9 heteroatoms. The lowest BCUT2D eigenvalue weighted by Gasteiger charge is -2.51. The molecule has 0 spiro atoms. The number of benzene rings is 1. The Morgan fingerprint density at radius 2 is 2.09 bits per heavy atom. The van der Waals surface area contributed by atoms with Gasteiger partial charge in [-0.25, -0.2) is 13.1 Å². The van der Waals surface area contributed by atoms with E-state index in [9.17, 15) is 8.42 Å². The molecule has 1 saturated heterocycles. The molecule has 3 aliphatic heterocycles. The zero-order chi connectivity index (χ0) is 23.7. The molecule has 6 rings (SSSR count). The number of aryl methyl sites for hydroxylation is 1. The van der Waals surface area contributed by atoms with Gasteiger partial charge in [0.15, 0.2) is 5.82 Å². The Kier molecular flexibility index (Phi) is 5.02. The minimum atomic E-state index is -3.63. The van der Waals surface area contributed by atoms with E-state index in [1.165, 1.54) is 32.0 Å². The van der Waals surface area contributed by atoms with Crippen LogP contribution in [0.3, 0.4) is 0 Å². The number of nitrogens with one attached hydrogen (secondary N) is 1. The van der Waals surface area contributed by atoms with Crippen LogP contribution in [-0.2, 0) is 16.4 Å². The average Bonchev–Trinajstić information content (AvgIpc) is 3.41. The van der Waals surface area contributed by atoms with Crippen molar-refractivity contribution in [2.75, 3.05) is 20.1 Å². The quantitative estimate of drug-likeness (QED) is 0.605. The molecule has 1 fully saturated rings. The smallest absolute Gasteiger partial charge is 0.274 e. The maximum atomic E-state index is 13.1. The first-order valence-corrected chi connectivity index (χ1v) is 13.8. The lowest BCUT2D eigenvalue weighted by atomic mass is 9.67. The van der Waals surface area contributed by atoms with Crippen molar-refractivity contribution in [3.05, 3.63) is 47.2 Å². The zero-order valence-electron chi connectivity index (χ0n) is 20.0. The van der Waals surface area contributed by atoms with Gasteiger partial charge >= 0.3 is 0 Å². The fourth-order valence-corrected chi connectivity index (χ4v) is 7.55. The topological polar surface area (TPSA) is 93.3 Å². The van der Waals surface area contributed by atoms with E-state index in [0.29, 0.717) is 16.6 Å². The molecular weight excluding hydrogens is 450 g/mol. The SMILES string of the molecule is CC[C@@]12C=C(c3nc(C)no3)n3c4c(c5c(S(=O)(=O)NC)cccc53)CCN(CCCCC1)C42. The number of nitrogens with zero attached hydrogens (tertiary/aromatic N) is 4. The van der Waals surface area contributed by atoms with Gasteiger partial charge in [-0.3, -0.25) is 4.90 Å². The van der Waals surface area contributed by atoms with Crippen LogP contribution in [0.25, 0.3) is 16.6 Å². The highest BCUT2D eigenvalue weighted by Crippen LogP contribution is 2.57. The van der Waals surface area contributed by atoms with E-state index in [1.54, 1.807) is 6.07 Å². The number of fused-ring (bicyclic) bond motifs is 3. The number of aromatic nitrogens is 3. The predicted molar refractivity (Wildman–Crippen MR) is 130 cm³/mol. The molecule has 2 atom stereocenters. The van der Waals surface area contributed by atoms with Crippen molar-refractivity contribution >= 4 is 26.6 Å². The van der Waals surface area contributed by atoms with E-state index < -0.39 is 10.0 Å². The summed E-state index contributed by atoms with van der Waals surface area (Å²) in [6.45, 7) is 6.11. The predicted octanol–water partition coefficient (Wildman–Crippen LogP) is 4.01. The van der Waals surface area contributed by atoms with E-state index in [2.05, 4.69) is 37.3 Å². The van der Waals surface area contributed by atoms with Gasteiger partial charge in [-0.15, -0.1) is 0 Å². The van der Waals surface area contributed by atoms with Crippen LogP contribution in [0.2, 0.25) is 0 Å². The molecule has 1 aromatic carbocycles. The van der Waals surface area contributed by atoms with Crippen molar-refractivity contribution in [3.8, 4) is 0 Å². The lowest BCUT2D eigenvalue weighted by molar-refractivity contribution is 0.0527. The molecule has 0 bridgehead atoms. The highest BCUT2D eigenvalue weighted by molar-refractivity contribution is 7.89. The normalized spacial score (nSPS) is 25.0. The highest BCUT2D eigenvalue weighted by atomic mass is 32.2. The minimum absolute atomic E-state index is 0.0697. The standard InChI is InChI=1S/C25H31N5O3S/c1-4-25-12-6-5-7-13-29-14-11-17-21-18(9-8-10-20(21)34(31,32)26-3)30(22(17)23(25)29)19(15-25)24-27-16(2)28-33-24/h8-10,15,23,26H,4-7,11-14H2,1-3H3/t23?,25-/m0/s1. The van der Waals surface area contributed by atoms with Gasteiger partial charge in [-0.1, -0.05) is 31.0 Å². The van der Waals surface area contributed by atoms with Crippen molar-refractivity contribution in [2.45, 2.75) is 63.3 Å². The number of rotatable bonds is 4. The summed E-state index contributed by atoms with van der Waals surface area (Å²) in [7, 11) is -2.16. The Labute approximate surface area is 200 Å². The Bertz CT molecular complexity index is 1420. The van der Waals surface area contributed by atoms with Crippen LogP contribution in [0.1, 0.15) is 68.0 Å². The van der Waals surface area contributed by atoms with Crippen LogP contribution in [-0.4, -0.2) is 48.2 Å². The fraction of sp³-hybridized carbons (Fsp3) is 0.520. The Morgan fingerprint density at radius 3 is 2.82 bits per heavy atom. The van der Waals surface area contributed by atoms with E-state index in [-0.39, 0.29) is 11.5 Å². The molecule has 1 unspecified atom stereocenters. The second-order valence-corrected chi connectivity index (χ2v) is 11.7. The summed E-state index contributed by atoms with van der Waals surface area (Å²) < 4.78 is 36.6. The van der Waals surface area contributed by atoms with Gasteiger partial charge in [0.2, 0.25) is 10.0 Å². The van der Waals surface area contributed by atoms with Crippen LogP contribution >= 0.6 is 0 Å². The summed E-state index contributed by atoms with van der Waals surface area (Å²) >= 11 is 0. The van der Waals surface area contributed by atoms with Crippen LogP contribution in [0, 0.1) is 12.3 Å². The summed E-state index contributed by atoms with van der Waals surface area (Å²) in [4.78, 5) is 7.59. The average molecular weight is 482 g/mol. The van der Waals surface area contributed by atoms with Crippen molar-refractivity contribution in [1.29, 1.82) is 0 Å². The van der Waals surface area contributed by atoms with Gasteiger partial charge < -0.3 is 9.09 Å². The third-order valence-electron chi connectivity index (χ3n) is 8.13. The molecule has 8 nitrogen and oxygen atoms in total. The lowest BCUT2D eigenvalue weighted by Crippen LogP contribution is -2.48. The summed E-state index contributed by atoms with van der Waals surface area (Å²) in [5.74, 6) is 1.08. The molecule has 0 saturated carbocycles. The van der Waals surface area contributed by atoms with E-state index >= 15 is 0 Å². The van der Waals surface area contributed by atoms with Crippen molar-refractivity contribution in [2.24, 2.45) is 5.41 Å².